The van der Waals surface area contributed by atoms with Crippen LogP contribution in [0.2, 0.25) is 0 Å². The van der Waals surface area contributed by atoms with Gasteiger partial charge in [-0.3, -0.25) is 5.10 Å². The number of hydrogen-bond donors (Lipinski definition) is 3. The van der Waals surface area contributed by atoms with E-state index < -0.39 is 0 Å². The Balaban J connectivity index is 1.48. The maximum Gasteiger partial charge on any atom is 0.222 e. The monoisotopic (exact) mass is 417 g/mol. The fourth-order valence-corrected chi connectivity index (χ4v) is 5.01. The standard InChI is InChI=1S/C21H19N7OS/c22-21-24-14(11-18(25-21)28-5-7-29-8-6-28)12-9-15-19-17(10-12)30-16-4-2-1-3-13(16)23-20(19)27-26-15/h1-4,9-11H,5-8H2,(H2,22,24,25)(H2,23,26,27). The van der Waals surface area contributed by atoms with Crippen LogP contribution in [0.5, 0.6) is 0 Å². The van der Waals surface area contributed by atoms with E-state index in [0.717, 1.165) is 62.4 Å². The third-order valence-corrected chi connectivity index (χ3v) is 6.47. The van der Waals surface area contributed by atoms with Gasteiger partial charge in [0.1, 0.15) is 5.82 Å². The zero-order valence-corrected chi connectivity index (χ0v) is 16.9. The summed E-state index contributed by atoms with van der Waals surface area (Å²) in [6.45, 7) is 2.97. The van der Waals surface area contributed by atoms with Crippen molar-refractivity contribution in [2.75, 3.05) is 42.3 Å². The number of rotatable bonds is 2. The largest absolute Gasteiger partial charge is 0.378 e. The molecule has 2 aromatic heterocycles. The molecule has 0 spiro atoms. The summed E-state index contributed by atoms with van der Waals surface area (Å²) in [7, 11) is 0. The lowest BCUT2D eigenvalue weighted by Gasteiger charge is -2.28. The van der Waals surface area contributed by atoms with Crippen molar-refractivity contribution in [3.8, 4) is 11.3 Å². The van der Waals surface area contributed by atoms with Crippen LogP contribution in [-0.4, -0.2) is 46.5 Å². The quantitative estimate of drug-likeness (QED) is 0.400. The van der Waals surface area contributed by atoms with Crippen molar-refractivity contribution >= 4 is 45.9 Å². The number of fused-ring (bicyclic) bond motifs is 1. The summed E-state index contributed by atoms with van der Waals surface area (Å²) in [6, 6.07) is 14.5. The van der Waals surface area contributed by atoms with E-state index in [-0.39, 0.29) is 5.95 Å². The molecule has 0 unspecified atom stereocenters. The van der Waals surface area contributed by atoms with Crippen molar-refractivity contribution in [2.45, 2.75) is 9.79 Å². The van der Waals surface area contributed by atoms with E-state index in [1.54, 1.807) is 11.8 Å². The van der Waals surface area contributed by atoms with Gasteiger partial charge in [-0.15, -0.1) is 0 Å². The van der Waals surface area contributed by atoms with Gasteiger partial charge in [0.15, 0.2) is 5.82 Å². The fourth-order valence-electron chi connectivity index (χ4n) is 3.90. The second-order valence-corrected chi connectivity index (χ2v) is 8.35. The van der Waals surface area contributed by atoms with Gasteiger partial charge >= 0.3 is 0 Å². The van der Waals surface area contributed by atoms with Crippen LogP contribution >= 0.6 is 11.8 Å². The van der Waals surface area contributed by atoms with Gasteiger partial charge < -0.3 is 20.7 Å². The van der Waals surface area contributed by atoms with Crippen molar-refractivity contribution in [1.29, 1.82) is 0 Å². The number of benzene rings is 2. The summed E-state index contributed by atoms with van der Waals surface area (Å²) in [5.41, 5.74) is 9.85. The molecule has 1 saturated heterocycles. The van der Waals surface area contributed by atoms with Crippen molar-refractivity contribution in [3.05, 3.63) is 42.5 Å². The Morgan fingerprint density at radius 3 is 2.80 bits per heavy atom. The fraction of sp³-hybridized carbons (Fsp3) is 0.190. The minimum Gasteiger partial charge on any atom is -0.378 e. The van der Waals surface area contributed by atoms with Crippen molar-refractivity contribution in [2.24, 2.45) is 0 Å². The predicted octanol–water partition coefficient (Wildman–Crippen LogP) is 3.65. The Morgan fingerprint density at radius 2 is 1.90 bits per heavy atom. The molecule has 6 rings (SSSR count). The van der Waals surface area contributed by atoms with E-state index in [2.05, 4.69) is 54.6 Å². The number of nitrogens with zero attached hydrogens (tertiary/aromatic N) is 4. The number of H-pyrrole nitrogens is 1. The molecule has 2 aliphatic rings. The third-order valence-electron chi connectivity index (χ3n) is 5.35. The molecule has 1 fully saturated rings. The third kappa shape index (κ3) is 2.94. The molecule has 9 heteroatoms. The summed E-state index contributed by atoms with van der Waals surface area (Å²) in [5.74, 6) is 1.93. The van der Waals surface area contributed by atoms with Gasteiger partial charge in [-0.2, -0.15) is 10.1 Å². The molecule has 2 aliphatic heterocycles. The maximum atomic E-state index is 6.07. The lowest BCUT2D eigenvalue weighted by Crippen LogP contribution is -2.36. The first kappa shape index (κ1) is 17.5. The van der Waals surface area contributed by atoms with Crippen LogP contribution in [0.3, 0.4) is 0 Å². The first-order valence-electron chi connectivity index (χ1n) is 9.78. The van der Waals surface area contributed by atoms with Gasteiger partial charge in [0.25, 0.3) is 0 Å². The molecule has 150 valence electrons. The first-order chi connectivity index (χ1) is 14.7. The number of aromatic nitrogens is 4. The number of nitrogen functional groups attached to an aromatic ring is 1. The number of ether oxygens (including phenoxy) is 1. The second-order valence-electron chi connectivity index (χ2n) is 7.26. The first-order valence-corrected chi connectivity index (χ1v) is 10.6. The Hall–Kier alpha value is -3.30. The summed E-state index contributed by atoms with van der Waals surface area (Å²) >= 11 is 1.72. The summed E-state index contributed by atoms with van der Waals surface area (Å²) in [4.78, 5) is 13.4. The smallest absolute Gasteiger partial charge is 0.222 e. The summed E-state index contributed by atoms with van der Waals surface area (Å²) in [6.07, 6.45) is 0. The Bertz CT molecular complexity index is 1270. The van der Waals surface area contributed by atoms with E-state index in [1.807, 2.05) is 18.2 Å². The van der Waals surface area contributed by atoms with Crippen LogP contribution < -0.4 is 16.0 Å². The number of para-hydroxylation sites is 1. The molecule has 0 atom stereocenters. The Kier molecular flexibility index (Phi) is 4.03. The minimum atomic E-state index is 0.268. The number of nitrogens with one attached hydrogen (secondary N) is 2. The average Bonchev–Trinajstić information content (AvgIpc) is 3.10. The summed E-state index contributed by atoms with van der Waals surface area (Å²) < 4.78 is 5.46. The van der Waals surface area contributed by atoms with Gasteiger partial charge in [-0.25, -0.2) is 4.98 Å². The predicted molar refractivity (Wildman–Crippen MR) is 118 cm³/mol. The molecule has 2 aromatic carbocycles. The molecule has 0 saturated carbocycles. The molecule has 8 nitrogen and oxygen atoms in total. The summed E-state index contributed by atoms with van der Waals surface area (Å²) in [5, 5.41) is 12.2. The molecular weight excluding hydrogens is 398 g/mol. The number of aromatic amines is 1. The van der Waals surface area contributed by atoms with E-state index in [9.17, 15) is 0 Å². The van der Waals surface area contributed by atoms with E-state index >= 15 is 0 Å². The van der Waals surface area contributed by atoms with E-state index in [1.165, 1.54) is 0 Å². The number of morpholine rings is 1. The number of anilines is 4. The zero-order valence-electron chi connectivity index (χ0n) is 16.1. The van der Waals surface area contributed by atoms with Gasteiger partial charge in [-0.1, -0.05) is 23.9 Å². The van der Waals surface area contributed by atoms with E-state index in [4.69, 9.17) is 10.5 Å². The van der Waals surface area contributed by atoms with Crippen LogP contribution in [-0.2, 0) is 4.74 Å². The molecule has 4 heterocycles. The highest BCUT2D eigenvalue weighted by Crippen LogP contribution is 2.45. The normalized spacial score (nSPS) is 15.5. The van der Waals surface area contributed by atoms with Crippen LogP contribution in [0.25, 0.3) is 22.2 Å². The highest BCUT2D eigenvalue weighted by atomic mass is 32.2. The van der Waals surface area contributed by atoms with Crippen molar-refractivity contribution < 1.29 is 4.74 Å². The van der Waals surface area contributed by atoms with Crippen LogP contribution in [0.4, 0.5) is 23.3 Å². The molecule has 0 bridgehead atoms. The van der Waals surface area contributed by atoms with Gasteiger partial charge in [0.05, 0.1) is 35.5 Å². The Labute approximate surface area is 176 Å². The lowest BCUT2D eigenvalue weighted by molar-refractivity contribution is 0.122. The lowest BCUT2D eigenvalue weighted by atomic mass is 10.1. The molecule has 4 aromatic rings. The average molecular weight is 417 g/mol. The van der Waals surface area contributed by atoms with Crippen molar-refractivity contribution in [1.82, 2.24) is 20.2 Å². The molecule has 4 N–H and O–H groups in total. The molecule has 30 heavy (non-hydrogen) atoms. The van der Waals surface area contributed by atoms with Crippen molar-refractivity contribution in [3.63, 3.8) is 0 Å². The topological polar surface area (TPSA) is 105 Å². The van der Waals surface area contributed by atoms with Gasteiger partial charge in [0, 0.05) is 34.5 Å². The van der Waals surface area contributed by atoms with Crippen LogP contribution in [0, 0.1) is 0 Å². The number of nitrogens with two attached hydrogens (primary N) is 1. The number of hydrogen-bond acceptors (Lipinski definition) is 8. The molecular formula is C21H19N7OS. The SMILES string of the molecule is Nc1nc(-c2cc3c4c(n[nH]c4c2)Nc2ccccc2S3)cc(N2CCOCC2)n1. The van der Waals surface area contributed by atoms with Crippen LogP contribution in [0.15, 0.2) is 52.3 Å². The highest BCUT2D eigenvalue weighted by Gasteiger charge is 2.21. The second kappa shape index (κ2) is 6.89. The highest BCUT2D eigenvalue weighted by molar-refractivity contribution is 7.99. The van der Waals surface area contributed by atoms with Crippen LogP contribution in [0.1, 0.15) is 0 Å². The van der Waals surface area contributed by atoms with Gasteiger partial charge in [-0.05, 0) is 24.3 Å². The van der Waals surface area contributed by atoms with E-state index in [0.29, 0.717) is 13.2 Å². The maximum absolute atomic E-state index is 6.07. The zero-order chi connectivity index (χ0) is 20.1. The molecule has 0 radical (unpaired) electrons. The Morgan fingerprint density at radius 1 is 1.03 bits per heavy atom. The van der Waals surface area contributed by atoms with Gasteiger partial charge in [0.2, 0.25) is 5.95 Å². The minimum absolute atomic E-state index is 0.268. The molecule has 0 amide bonds. The molecule has 0 aliphatic carbocycles.